The lowest BCUT2D eigenvalue weighted by atomic mass is 9.98. The molecular weight excluding hydrogens is 352 g/mol. The Kier molecular flexibility index (Phi) is 10.8. The molecule has 0 radical (unpaired) electrons. The highest BCUT2D eigenvalue weighted by Crippen LogP contribution is 2.19. The molecular formula is C18H30N4O5. The van der Waals surface area contributed by atoms with E-state index in [2.05, 4.69) is 27.6 Å². The van der Waals surface area contributed by atoms with Crippen molar-refractivity contribution in [3.63, 3.8) is 0 Å². The molecule has 1 amide bonds. The number of piperidine rings is 1. The fraction of sp³-hybridized carbons (Fsp3) is 0.667. The van der Waals surface area contributed by atoms with E-state index >= 15 is 0 Å². The molecule has 3 rings (SSSR count). The van der Waals surface area contributed by atoms with E-state index in [0.717, 1.165) is 51.4 Å². The van der Waals surface area contributed by atoms with E-state index in [4.69, 9.17) is 19.8 Å². The first-order valence-electron chi connectivity index (χ1n) is 9.19. The molecule has 27 heavy (non-hydrogen) atoms. The summed E-state index contributed by atoms with van der Waals surface area (Å²) >= 11 is 0. The molecule has 152 valence electrons. The van der Waals surface area contributed by atoms with Crippen LogP contribution in [0, 0.1) is 12.8 Å². The lowest BCUT2D eigenvalue weighted by Gasteiger charge is -2.34. The largest absolute Gasteiger partial charge is 0.483 e. The highest BCUT2D eigenvalue weighted by Gasteiger charge is 2.23. The summed E-state index contributed by atoms with van der Waals surface area (Å²) in [6.07, 6.45) is 8.33. The van der Waals surface area contributed by atoms with Crippen molar-refractivity contribution in [2.45, 2.75) is 39.2 Å². The Hall–Kier alpha value is -2.42. The topological polar surface area (TPSA) is 116 Å². The first kappa shape index (κ1) is 22.6. The van der Waals surface area contributed by atoms with Crippen LogP contribution in [0.25, 0.3) is 0 Å². The van der Waals surface area contributed by atoms with Gasteiger partial charge in [0.05, 0.1) is 0 Å². The maximum atomic E-state index is 11.7. The van der Waals surface area contributed by atoms with Crippen molar-refractivity contribution in [3.8, 4) is 0 Å². The zero-order chi connectivity index (χ0) is 20.1. The molecule has 0 aliphatic carbocycles. The molecule has 1 aromatic rings. The third kappa shape index (κ3) is 8.21. The summed E-state index contributed by atoms with van der Waals surface area (Å²) in [6.45, 7) is 7.89. The minimum absolute atomic E-state index is 0.250. The van der Waals surface area contributed by atoms with Gasteiger partial charge in [0.1, 0.15) is 5.82 Å². The van der Waals surface area contributed by atoms with Gasteiger partial charge in [0.15, 0.2) is 0 Å². The number of nitrogens with zero attached hydrogens (tertiary/aromatic N) is 4. The Balaban J connectivity index is 0.000000540. The Bertz CT molecular complexity index is 572. The monoisotopic (exact) mass is 382 g/mol. The summed E-state index contributed by atoms with van der Waals surface area (Å²) in [6, 6.07) is 0. The predicted octanol–water partition coefficient (Wildman–Crippen LogP) is 0.928. The summed E-state index contributed by atoms with van der Waals surface area (Å²) in [5.74, 6) is 2.16. The number of aryl methyl sites for hydroxylation is 1. The number of hydrogen-bond donors (Lipinski definition) is 2. The number of carbonyl (C=O) groups excluding carboxylic acids is 1. The second kappa shape index (κ2) is 12.9. The van der Waals surface area contributed by atoms with E-state index in [1.54, 1.807) is 0 Å². The van der Waals surface area contributed by atoms with Crippen molar-refractivity contribution in [2.24, 2.45) is 5.92 Å². The van der Waals surface area contributed by atoms with Gasteiger partial charge >= 0.3 is 0 Å². The van der Waals surface area contributed by atoms with E-state index in [1.165, 1.54) is 19.4 Å². The second-order valence-electron chi connectivity index (χ2n) is 6.63. The molecule has 1 atom stereocenters. The maximum Gasteiger partial charge on any atom is 0.290 e. The van der Waals surface area contributed by atoms with Crippen molar-refractivity contribution >= 4 is 18.9 Å². The van der Waals surface area contributed by atoms with Crippen molar-refractivity contribution in [1.82, 2.24) is 19.4 Å². The van der Waals surface area contributed by atoms with Gasteiger partial charge in [-0.2, -0.15) is 0 Å². The number of imidazole rings is 1. The van der Waals surface area contributed by atoms with E-state index in [1.807, 2.05) is 11.1 Å². The minimum atomic E-state index is -0.250. The van der Waals surface area contributed by atoms with Crippen LogP contribution in [0.1, 0.15) is 31.5 Å². The molecule has 0 bridgehead atoms. The van der Waals surface area contributed by atoms with Crippen LogP contribution < -0.4 is 0 Å². The average Bonchev–Trinajstić information content (AvgIpc) is 3.23. The van der Waals surface area contributed by atoms with Crippen LogP contribution in [0.4, 0.5) is 0 Å². The number of likely N-dealkylation sites (tertiary alicyclic amines) is 2. The molecule has 9 heteroatoms. The summed E-state index contributed by atoms with van der Waals surface area (Å²) in [4.78, 5) is 37.2. The van der Waals surface area contributed by atoms with Gasteiger partial charge in [0.25, 0.3) is 12.9 Å². The molecule has 2 saturated heterocycles. The van der Waals surface area contributed by atoms with Crippen LogP contribution in [0.15, 0.2) is 12.4 Å². The molecule has 2 aliphatic rings. The van der Waals surface area contributed by atoms with Gasteiger partial charge in [-0.3, -0.25) is 14.4 Å². The molecule has 0 aromatic carbocycles. The molecule has 1 aromatic heterocycles. The number of rotatable bonds is 5. The Morgan fingerprint density at radius 3 is 2.44 bits per heavy atom. The summed E-state index contributed by atoms with van der Waals surface area (Å²) < 4.78 is 2.26. The minimum Gasteiger partial charge on any atom is -0.483 e. The van der Waals surface area contributed by atoms with E-state index in [-0.39, 0.29) is 12.9 Å². The lowest BCUT2D eigenvalue weighted by Crippen LogP contribution is -2.42. The van der Waals surface area contributed by atoms with Gasteiger partial charge in [-0.25, -0.2) is 4.98 Å². The fourth-order valence-electron chi connectivity index (χ4n) is 3.58. The third-order valence-electron chi connectivity index (χ3n) is 4.84. The Labute approximate surface area is 159 Å². The van der Waals surface area contributed by atoms with Gasteiger partial charge in [-0.1, -0.05) is 0 Å². The highest BCUT2D eigenvalue weighted by atomic mass is 16.3. The lowest BCUT2D eigenvalue weighted by molar-refractivity contribution is -0.128. The molecule has 9 nitrogen and oxygen atoms in total. The third-order valence-corrected chi connectivity index (χ3v) is 4.84. The number of carboxylic acid groups (broad SMARTS) is 2. The normalized spacial score (nSPS) is 19.5. The van der Waals surface area contributed by atoms with E-state index in [0.29, 0.717) is 11.8 Å². The molecule has 3 heterocycles. The standard InChI is InChI=1S/C16H26N4O.2CH2O2/c1-14-17-6-9-20(14)13-15-4-2-7-18(12-15)10-11-19-8-3-5-16(19)21;2*2-1-3/h6,9,15H,2-5,7-8,10-13H2,1H3;2*1H,(H,2,3). The van der Waals surface area contributed by atoms with Crippen molar-refractivity contribution in [3.05, 3.63) is 18.2 Å². The number of carbonyl (C=O) groups is 3. The van der Waals surface area contributed by atoms with Crippen LogP contribution in [0.2, 0.25) is 0 Å². The van der Waals surface area contributed by atoms with Gasteiger partial charge in [0.2, 0.25) is 5.91 Å². The van der Waals surface area contributed by atoms with E-state index in [9.17, 15) is 4.79 Å². The molecule has 0 spiro atoms. The quantitative estimate of drug-likeness (QED) is 0.728. The summed E-state index contributed by atoms with van der Waals surface area (Å²) in [5.41, 5.74) is 0. The van der Waals surface area contributed by atoms with Crippen molar-refractivity contribution < 1.29 is 24.6 Å². The Morgan fingerprint density at radius 2 is 1.89 bits per heavy atom. The van der Waals surface area contributed by atoms with Crippen molar-refractivity contribution in [1.29, 1.82) is 0 Å². The number of amides is 1. The molecule has 2 aliphatic heterocycles. The SMILES string of the molecule is Cc1nccn1CC1CCCN(CCN2CCCC2=O)C1.O=CO.O=CO. The fourth-order valence-corrected chi connectivity index (χ4v) is 3.58. The number of hydrogen-bond acceptors (Lipinski definition) is 5. The Morgan fingerprint density at radius 1 is 1.19 bits per heavy atom. The van der Waals surface area contributed by atoms with Gasteiger partial charge in [0, 0.05) is 51.5 Å². The molecule has 2 fully saturated rings. The van der Waals surface area contributed by atoms with Crippen LogP contribution in [-0.2, 0) is 20.9 Å². The van der Waals surface area contributed by atoms with Crippen LogP contribution in [-0.4, -0.2) is 81.1 Å². The number of aromatic nitrogens is 2. The highest BCUT2D eigenvalue weighted by molar-refractivity contribution is 5.78. The van der Waals surface area contributed by atoms with Crippen molar-refractivity contribution in [2.75, 3.05) is 32.7 Å². The van der Waals surface area contributed by atoms with Gasteiger partial charge < -0.3 is 24.6 Å². The summed E-state index contributed by atoms with van der Waals surface area (Å²) in [5, 5.41) is 13.8. The van der Waals surface area contributed by atoms with Crippen LogP contribution in [0.3, 0.4) is 0 Å². The average molecular weight is 382 g/mol. The zero-order valence-corrected chi connectivity index (χ0v) is 15.9. The molecule has 1 unspecified atom stereocenters. The predicted molar refractivity (Wildman–Crippen MR) is 99.3 cm³/mol. The van der Waals surface area contributed by atoms with Crippen LogP contribution >= 0.6 is 0 Å². The van der Waals surface area contributed by atoms with Gasteiger partial charge in [-0.15, -0.1) is 0 Å². The maximum absolute atomic E-state index is 11.7. The first-order chi connectivity index (χ1) is 13.0. The van der Waals surface area contributed by atoms with Gasteiger partial charge in [-0.05, 0) is 38.6 Å². The molecule has 2 N–H and O–H groups in total. The summed E-state index contributed by atoms with van der Waals surface area (Å²) in [7, 11) is 0. The first-order valence-corrected chi connectivity index (χ1v) is 9.19. The second-order valence-corrected chi connectivity index (χ2v) is 6.63. The van der Waals surface area contributed by atoms with Crippen LogP contribution in [0.5, 0.6) is 0 Å². The smallest absolute Gasteiger partial charge is 0.290 e. The van der Waals surface area contributed by atoms with E-state index < -0.39 is 0 Å². The molecule has 0 saturated carbocycles. The zero-order valence-electron chi connectivity index (χ0n) is 15.9.